The number of pyridine rings is 1. The summed E-state index contributed by atoms with van der Waals surface area (Å²) >= 11 is 0. The van der Waals surface area contributed by atoms with Crippen LogP contribution in [-0.2, 0) is 24.6 Å². The molecule has 2 fully saturated rings. The van der Waals surface area contributed by atoms with Gasteiger partial charge in [0.2, 0.25) is 5.91 Å². The average Bonchev–Trinajstić information content (AvgIpc) is 4.08. The van der Waals surface area contributed by atoms with E-state index < -0.39 is 11.0 Å². The smallest absolute Gasteiger partial charge is 0.316 e. The highest BCUT2D eigenvalue weighted by Gasteiger charge is 2.49. The van der Waals surface area contributed by atoms with Crippen molar-refractivity contribution in [2.45, 2.75) is 30.7 Å². The summed E-state index contributed by atoms with van der Waals surface area (Å²) in [5.41, 5.74) is 15.1. The van der Waals surface area contributed by atoms with Gasteiger partial charge >= 0.3 is 5.97 Å². The summed E-state index contributed by atoms with van der Waals surface area (Å²) in [6.07, 6.45) is 9.55. The van der Waals surface area contributed by atoms with Gasteiger partial charge in [-0.25, -0.2) is 9.97 Å². The van der Waals surface area contributed by atoms with Gasteiger partial charge in [0.15, 0.2) is 5.82 Å². The first kappa shape index (κ1) is 46.9. The van der Waals surface area contributed by atoms with E-state index in [1.807, 2.05) is 97.1 Å². The van der Waals surface area contributed by atoms with Gasteiger partial charge in [-0.15, -0.1) is 0 Å². The number of nitrogen functional groups attached to an aromatic ring is 1. The Kier molecular flexibility index (Phi) is 13.6. The van der Waals surface area contributed by atoms with Crippen LogP contribution in [0.3, 0.4) is 0 Å². The topological polar surface area (TPSA) is 160 Å². The molecule has 1 saturated carbocycles. The number of benzene rings is 5. The van der Waals surface area contributed by atoms with Gasteiger partial charge in [-0.05, 0) is 83.5 Å². The molecule has 0 spiro atoms. The number of carbonyl (C=O) groups excluding carboxylic acids is 2. The molecule has 2 unspecified atom stereocenters. The lowest BCUT2D eigenvalue weighted by Crippen LogP contribution is -2.44. The zero-order chi connectivity index (χ0) is 48.8. The molecule has 1 amide bonds. The van der Waals surface area contributed by atoms with Crippen LogP contribution in [0.5, 0.6) is 0 Å². The van der Waals surface area contributed by atoms with E-state index in [1.165, 1.54) is 5.57 Å². The number of rotatable bonds is 17. The van der Waals surface area contributed by atoms with Crippen LogP contribution in [0, 0.1) is 16.7 Å². The number of carbonyl (C=O) groups is 2. The Balaban J connectivity index is 0.776. The molecule has 3 aliphatic rings. The van der Waals surface area contributed by atoms with Gasteiger partial charge in [0, 0.05) is 97.5 Å². The zero-order valence-electron chi connectivity index (χ0n) is 39.9. The van der Waals surface area contributed by atoms with Crippen LogP contribution < -0.4 is 11.1 Å². The molecule has 2 aromatic heterocycles. The van der Waals surface area contributed by atoms with E-state index in [0.29, 0.717) is 47.9 Å². The van der Waals surface area contributed by atoms with Crippen molar-refractivity contribution >= 4 is 34.5 Å². The van der Waals surface area contributed by atoms with Crippen LogP contribution >= 0.6 is 0 Å². The molecule has 4 N–H and O–H groups in total. The molecule has 71 heavy (non-hydrogen) atoms. The van der Waals surface area contributed by atoms with E-state index in [0.717, 1.165) is 58.6 Å². The maximum Gasteiger partial charge on any atom is 0.316 e. The monoisotopic (exact) mass is 942 g/mol. The molecule has 10 rings (SSSR count). The Bertz CT molecular complexity index is 2930. The predicted octanol–water partition coefficient (Wildman–Crippen LogP) is 9.24. The number of amides is 1. The number of esters is 1. The molecule has 0 bridgehead atoms. The summed E-state index contributed by atoms with van der Waals surface area (Å²) in [5, 5.41) is 13.6. The fraction of sp³-hybridized carbons (Fsp3) is 0.254. The van der Waals surface area contributed by atoms with Crippen molar-refractivity contribution in [2.24, 2.45) is 11.3 Å². The minimum absolute atomic E-state index is 0.00243. The van der Waals surface area contributed by atoms with Crippen molar-refractivity contribution in [3.05, 3.63) is 215 Å². The van der Waals surface area contributed by atoms with E-state index >= 15 is 0 Å². The molecular weight excluding hydrogens is 885 g/mol. The van der Waals surface area contributed by atoms with Crippen molar-refractivity contribution in [3.63, 3.8) is 0 Å². The maximum atomic E-state index is 14.0. The van der Waals surface area contributed by atoms with Crippen LogP contribution in [0.2, 0.25) is 0 Å². The third-order valence-electron chi connectivity index (χ3n) is 14.3. The molecular formula is C59H58N8O4. The molecule has 4 heterocycles. The Hall–Kier alpha value is -7.80. The Morgan fingerprint density at radius 1 is 0.789 bits per heavy atom. The highest BCUT2D eigenvalue weighted by molar-refractivity contribution is 6.14. The molecule has 3 atom stereocenters. The second kappa shape index (κ2) is 20.7. The first-order valence-corrected chi connectivity index (χ1v) is 24.4. The van der Waals surface area contributed by atoms with Crippen molar-refractivity contribution in [3.8, 4) is 11.4 Å². The highest BCUT2D eigenvalue weighted by atomic mass is 16.5. The normalized spacial score (nSPS) is 18.9. The number of nitrogens with two attached hydrogens (primary N) is 1. The van der Waals surface area contributed by atoms with Gasteiger partial charge in [-0.1, -0.05) is 121 Å². The number of nitrogens with one attached hydrogen (secondary N) is 2. The van der Waals surface area contributed by atoms with Gasteiger partial charge in [0.25, 0.3) is 0 Å². The van der Waals surface area contributed by atoms with Crippen LogP contribution in [-0.4, -0.2) is 95.4 Å². The Morgan fingerprint density at radius 3 is 2.08 bits per heavy atom. The summed E-state index contributed by atoms with van der Waals surface area (Å²) in [4.78, 5) is 45.1. The standard InChI is InChI=1S/C59H58N8O4/c1-70-40-58(27-33-67(39-58)54(68)37-66-31-25-42(26-32-66)41-18-20-43(21-19-41)56-63-28-11-29-64-56)57(69)71-38-45-34-50(45)53-35-44(24-30-62-53)55(61)51-36-49(60)22-23-52(51)65-59(46-12-5-2-6-13-46,47-14-7-3-8-15-47)48-16-9-4-10-17-48/h2-25,28-30,35-36,45,50,61,65H,26-27,31-34,37-40,60H2,1H3/t45?,50?,58-/m1/s1. The van der Waals surface area contributed by atoms with Gasteiger partial charge in [-0.3, -0.25) is 24.9 Å². The quantitative estimate of drug-likeness (QED) is 0.0348. The lowest BCUT2D eigenvalue weighted by Gasteiger charge is -2.38. The highest BCUT2D eigenvalue weighted by Crippen LogP contribution is 2.48. The van der Waals surface area contributed by atoms with E-state index in [4.69, 9.17) is 20.2 Å². The van der Waals surface area contributed by atoms with E-state index in [-0.39, 0.29) is 50.0 Å². The van der Waals surface area contributed by atoms with Gasteiger partial charge < -0.3 is 25.4 Å². The summed E-state index contributed by atoms with van der Waals surface area (Å²) < 4.78 is 11.7. The van der Waals surface area contributed by atoms with Crippen LogP contribution in [0.25, 0.3) is 17.0 Å². The average molecular weight is 943 g/mol. The van der Waals surface area contributed by atoms with Crippen molar-refractivity contribution in [1.82, 2.24) is 24.8 Å². The summed E-state index contributed by atoms with van der Waals surface area (Å²) in [6.45, 7) is 2.85. The van der Waals surface area contributed by atoms with Gasteiger partial charge in [-0.2, -0.15) is 0 Å². The minimum Gasteiger partial charge on any atom is -0.465 e. The second-order valence-corrected chi connectivity index (χ2v) is 19.0. The predicted molar refractivity (Wildman–Crippen MR) is 278 cm³/mol. The van der Waals surface area contributed by atoms with Crippen molar-refractivity contribution in [1.29, 1.82) is 5.41 Å². The number of methoxy groups -OCH3 is 1. The minimum atomic E-state index is -0.934. The first-order valence-electron chi connectivity index (χ1n) is 24.4. The molecule has 0 radical (unpaired) electrons. The molecule has 7 aromatic rings. The summed E-state index contributed by atoms with van der Waals surface area (Å²) in [7, 11) is 1.59. The van der Waals surface area contributed by atoms with Crippen LogP contribution in [0.1, 0.15) is 64.3 Å². The second-order valence-electron chi connectivity index (χ2n) is 19.0. The van der Waals surface area contributed by atoms with Crippen LogP contribution in [0.15, 0.2) is 176 Å². The zero-order valence-corrected chi connectivity index (χ0v) is 39.9. The molecule has 1 saturated heterocycles. The lowest BCUT2D eigenvalue weighted by atomic mass is 9.76. The number of hydrogen-bond donors (Lipinski definition) is 3. The first-order chi connectivity index (χ1) is 34.7. The van der Waals surface area contributed by atoms with E-state index in [9.17, 15) is 15.0 Å². The Morgan fingerprint density at radius 2 is 1.45 bits per heavy atom. The van der Waals surface area contributed by atoms with Crippen LogP contribution in [0.4, 0.5) is 11.4 Å². The van der Waals surface area contributed by atoms with E-state index in [1.54, 1.807) is 36.7 Å². The Labute approximate surface area is 415 Å². The molecule has 12 nitrogen and oxygen atoms in total. The number of hydrogen-bond acceptors (Lipinski definition) is 11. The molecule has 12 heteroatoms. The van der Waals surface area contributed by atoms with Gasteiger partial charge in [0.1, 0.15) is 11.0 Å². The lowest BCUT2D eigenvalue weighted by molar-refractivity contribution is -0.159. The molecule has 1 aliphatic carbocycles. The van der Waals surface area contributed by atoms with E-state index in [2.05, 4.69) is 74.8 Å². The largest absolute Gasteiger partial charge is 0.465 e. The molecule has 358 valence electrons. The number of nitrogens with zero attached hydrogens (tertiary/aromatic N) is 5. The fourth-order valence-electron chi connectivity index (χ4n) is 10.3. The number of anilines is 2. The van der Waals surface area contributed by atoms with Crippen molar-refractivity contribution < 1.29 is 19.1 Å². The van der Waals surface area contributed by atoms with Gasteiger partial charge in [0.05, 0.1) is 25.5 Å². The molecule has 5 aromatic carbocycles. The van der Waals surface area contributed by atoms with Crippen molar-refractivity contribution in [2.75, 3.05) is 64.1 Å². The molecule has 2 aliphatic heterocycles. The number of ether oxygens (including phenoxy) is 2. The number of aromatic nitrogens is 3. The maximum absolute atomic E-state index is 14.0. The summed E-state index contributed by atoms with van der Waals surface area (Å²) in [5.74, 6) is 0.514. The number of likely N-dealkylation sites (tertiary alicyclic amines) is 1. The fourth-order valence-corrected chi connectivity index (χ4v) is 10.3. The third kappa shape index (κ3) is 9.99. The SMILES string of the molecule is COC[C@@]1(C(=O)OCC2CC2c2cc(C(=N)c3cc(N)ccc3NC(c3ccccc3)(c3ccccc3)c3ccccc3)ccn2)CCN(C(=O)CN2CC=C(c3ccc(-c4ncccn4)cc3)CC2)C1. The third-order valence-corrected chi connectivity index (χ3v) is 14.3. The summed E-state index contributed by atoms with van der Waals surface area (Å²) in [6, 6.07) is 50.7.